The number of benzene rings is 3. The van der Waals surface area contributed by atoms with Crippen molar-refractivity contribution in [3.8, 4) is 11.3 Å². The molecule has 168 valence electrons. The molecule has 3 nitrogen and oxygen atoms in total. The van der Waals surface area contributed by atoms with Crippen LogP contribution in [0.4, 0.5) is 0 Å². The standard InChI is InChI=1S/C28H26BrNO2S/c1-20-11-17-24(18-12-20)33(31,32)30-27(19-21-13-15-23(29)16-14-21)25-9-5-6-10-26(25)28(30)22-7-3-2-4-8-22/h2-4,7-8,11-18H,5-6,9-10,19H2,1H3. The van der Waals surface area contributed by atoms with Crippen LogP contribution < -0.4 is 0 Å². The zero-order chi connectivity index (χ0) is 23.0. The Labute approximate surface area is 204 Å². The fraction of sp³-hybridized carbons (Fsp3) is 0.214. The Kier molecular flexibility index (Phi) is 6.02. The second kappa shape index (κ2) is 8.96. The van der Waals surface area contributed by atoms with E-state index in [1.807, 2.05) is 61.5 Å². The second-order valence-corrected chi connectivity index (χ2v) is 11.4. The van der Waals surface area contributed by atoms with E-state index >= 15 is 0 Å². The Hall–Kier alpha value is -2.63. The molecule has 4 aromatic rings. The van der Waals surface area contributed by atoms with Crippen LogP contribution in [0.3, 0.4) is 0 Å². The smallest absolute Gasteiger partial charge is 0.237 e. The number of fused-ring (bicyclic) bond motifs is 1. The molecule has 0 saturated carbocycles. The van der Waals surface area contributed by atoms with Gasteiger partial charge in [0.25, 0.3) is 10.0 Å². The van der Waals surface area contributed by atoms with E-state index in [1.165, 1.54) is 11.1 Å². The summed E-state index contributed by atoms with van der Waals surface area (Å²) in [5, 5.41) is 0. The number of hydrogen-bond donors (Lipinski definition) is 0. The summed E-state index contributed by atoms with van der Waals surface area (Å²) in [6, 6.07) is 25.3. The minimum Gasteiger partial charge on any atom is -0.237 e. The number of aryl methyl sites for hydroxylation is 1. The van der Waals surface area contributed by atoms with Gasteiger partial charge in [0.2, 0.25) is 0 Å². The third kappa shape index (κ3) is 4.20. The first-order valence-electron chi connectivity index (χ1n) is 11.3. The molecule has 0 unspecified atom stereocenters. The van der Waals surface area contributed by atoms with Gasteiger partial charge in [0.1, 0.15) is 0 Å². The van der Waals surface area contributed by atoms with E-state index in [1.54, 1.807) is 16.1 Å². The third-order valence-corrected chi connectivity index (χ3v) is 8.72. The summed E-state index contributed by atoms with van der Waals surface area (Å²) >= 11 is 3.51. The molecule has 0 fully saturated rings. The van der Waals surface area contributed by atoms with Gasteiger partial charge in [0.15, 0.2) is 0 Å². The summed E-state index contributed by atoms with van der Waals surface area (Å²) in [7, 11) is -3.78. The second-order valence-electron chi connectivity index (χ2n) is 8.71. The molecule has 5 heteroatoms. The molecule has 1 aromatic heterocycles. The molecule has 1 heterocycles. The van der Waals surface area contributed by atoms with Crippen LogP contribution in [-0.4, -0.2) is 12.4 Å². The summed E-state index contributed by atoms with van der Waals surface area (Å²) in [5.41, 5.74) is 7.22. The molecule has 0 saturated heterocycles. The number of halogens is 1. The Morgan fingerprint density at radius 1 is 0.818 bits per heavy atom. The van der Waals surface area contributed by atoms with Gasteiger partial charge in [-0.1, -0.05) is 76.1 Å². The largest absolute Gasteiger partial charge is 0.268 e. The molecular formula is C28H26BrNO2S. The van der Waals surface area contributed by atoms with Gasteiger partial charge in [-0.3, -0.25) is 0 Å². The van der Waals surface area contributed by atoms with Gasteiger partial charge in [-0.15, -0.1) is 0 Å². The number of aromatic nitrogens is 1. The lowest BCUT2D eigenvalue weighted by molar-refractivity contribution is 0.586. The molecule has 0 radical (unpaired) electrons. The van der Waals surface area contributed by atoms with Gasteiger partial charge in [-0.2, -0.15) is 0 Å². The van der Waals surface area contributed by atoms with E-state index in [2.05, 4.69) is 28.1 Å². The first-order chi connectivity index (χ1) is 15.9. The van der Waals surface area contributed by atoms with Crippen molar-refractivity contribution in [1.82, 2.24) is 3.97 Å². The maximum absolute atomic E-state index is 14.2. The van der Waals surface area contributed by atoms with E-state index in [9.17, 15) is 8.42 Å². The first-order valence-corrected chi connectivity index (χ1v) is 13.6. The molecule has 33 heavy (non-hydrogen) atoms. The predicted molar refractivity (Wildman–Crippen MR) is 137 cm³/mol. The van der Waals surface area contributed by atoms with Crippen molar-refractivity contribution in [1.29, 1.82) is 0 Å². The molecule has 5 rings (SSSR count). The molecule has 0 aliphatic heterocycles. The monoisotopic (exact) mass is 519 g/mol. The topological polar surface area (TPSA) is 39.1 Å². The van der Waals surface area contributed by atoms with Gasteiger partial charge >= 0.3 is 0 Å². The summed E-state index contributed by atoms with van der Waals surface area (Å²) in [4.78, 5) is 0.328. The van der Waals surface area contributed by atoms with Gasteiger partial charge in [0, 0.05) is 16.6 Å². The molecule has 0 spiro atoms. The lowest BCUT2D eigenvalue weighted by Crippen LogP contribution is -2.18. The summed E-state index contributed by atoms with van der Waals surface area (Å²) < 4.78 is 31.0. The fourth-order valence-electron chi connectivity index (χ4n) is 4.81. The Morgan fingerprint density at radius 2 is 1.45 bits per heavy atom. The van der Waals surface area contributed by atoms with Crippen LogP contribution in [0, 0.1) is 6.92 Å². The van der Waals surface area contributed by atoms with Crippen LogP contribution in [0.1, 0.15) is 40.8 Å². The quantitative estimate of drug-likeness (QED) is 0.286. The Bertz CT molecular complexity index is 1390. The highest BCUT2D eigenvalue weighted by Crippen LogP contribution is 2.40. The van der Waals surface area contributed by atoms with Crippen LogP contribution in [0.15, 0.2) is 88.2 Å². The Balaban J connectivity index is 1.80. The van der Waals surface area contributed by atoms with Crippen molar-refractivity contribution in [3.63, 3.8) is 0 Å². The minimum atomic E-state index is -3.78. The molecule has 3 aromatic carbocycles. The molecule has 0 atom stereocenters. The maximum Gasteiger partial charge on any atom is 0.268 e. The third-order valence-electron chi connectivity index (χ3n) is 6.44. The van der Waals surface area contributed by atoms with E-state index in [-0.39, 0.29) is 0 Å². The highest BCUT2D eigenvalue weighted by atomic mass is 79.9. The number of rotatable bonds is 5. The minimum absolute atomic E-state index is 0.328. The van der Waals surface area contributed by atoms with Crippen molar-refractivity contribution in [2.75, 3.05) is 0 Å². The average Bonchev–Trinajstić information content (AvgIpc) is 3.16. The highest BCUT2D eigenvalue weighted by Gasteiger charge is 2.32. The number of hydrogen-bond acceptors (Lipinski definition) is 2. The average molecular weight is 520 g/mol. The summed E-state index contributed by atoms with van der Waals surface area (Å²) in [5.74, 6) is 0. The fourth-order valence-corrected chi connectivity index (χ4v) is 6.68. The van der Waals surface area contributed by atoms with Crippen molar-refractivity contribution < 1.29 is 8.42 Å². The molecule has 0 bridgehead atoms. The van der Waals surface area contributed by atoms with E-state index in [4.69, 9.17) is 0 Å². The van der Waals surface area contributed by atoms with E-state index < -0.39 is 10.0 Å². The summed E-state index contributed by atoms with van der Waals surface area (Å²) in [6.07, 6.45) is 4.57. The van der Waals surface area contributed by atoms with Gasteiger partial charge in [-0.25, -0.2) is 12.4 Å². The van der Waals surface area contributed by atoms with Crippen molar-refractivity contribution in [2.24, 2.45) is 0 Å². The zero-order valence-corrected chi connectivity index (χ0v) is 21.0. The van der Waals surface area contributed by atoms with Crippen molar-refractivity contribution >= 4 is 26.0 Å². The Morgan fingerprint density at radius 3 is 2.12 bits per heavy atom. The SMILES string of the molecule is Cc1ccc(S(=O)(=O)n2c(Cc3ccc(Br)cc3)c3c(c2-c2ccccc2)CCCC3)cc1. The van der Waals surface area contributed by atoms with Crippen LogP contribution in [0.5, 0.6) is 0 Å². The van der Waals surface area contributed by atoms with E-state index in [0.29, 0.717) is 11.3 Å². The van der Waals surface area contributed by atoms with E-state index in [0.717, 1.165) is 58.2 Å². The molecular weight excluding hydrogens is 494 g/mol. The lowest BCUT2D eigenvalue weighted by atomic mass is 9.89. The zero-order valence-electron chi connectivity index (χ0n) is 18.6. The van der Waals surface area contributed by atoms with Gasteiger partial charge in [-0.05, 0) is 79.1 Å². The molecule has 1 aliphatic rings. The van der Waals surface area contributed by atoms with Crippen LogP contribution >= 0.6 is 15.9 Å². The molecule has 1 aliphatic carbocycles. The van der Waals surface area contributed by atoms with Crippen LogP contribution in [-0.2, 0) is 29.3 Å². The molecule has 0 amide bonds. The summed E-state index contributed by atoms with van der Waals surface area (Å²) in [6.45, 7) is 1.97. The van der Waals surface area contributed by atoms with Crippen molar-refractivity contribution in [2.45, 2.75) is 43.9 Å². The maximum atomic E-state index is 14.2. The lowest BCUT2D eigenvalue weighted by Gasteiger charge is -2.16. The van der Waals surface area contributed by atoms with Crippen LogP contribution in [0.2, 0.25) is 0 Å². The van der Waals surface area contributed by atoms with Crippen LogP contribution in [0.25, 0.3) is 11.3 Å². The normalized spacial score (nSPS) is 13.6. The molecule has 0 N–H and O–H groups in total. The van der Waals surface area contributed by atoms with Gasteiger partial charge < -0.3 is 0 Å². The first kappa shape index (κ1) is 22.2. The van der Waals surface area contributed by atoms with Crippen molar-refractivity contribution in [3.05, 3.63) is 111 Å². The van der Waals surface area contributed by atoms with Gasteiger partial charge in [0.05, 0.1) is 10.6 Å². The predicted octanol–water partition coefficient (Wildman–Crippen LogP) is 6.93. The number of nitrogens with zero attached hydrogens (tertiary/aromatic N) is 1. The highest BCUT2D eigenvalue weighted by molar-refractivity contribution is 9.10.